The normalized spacial score (nSPS) is 17.1. The fourth-order valence-electron chi connectivity index (χ4n) is 1.85. The zero-order valence-corrected chi connectivity index (χ0v) is 15.0. The maximum atomic E-state index is 12.3. The summed E-state index contributed by atoms with van der Waals surface area (Å²) >= 11 is 0. The molecule has 0 aromatic carbocycles. The summed E-state index contributed by atoms with van der Waals surface area (Å²) in [5, 5.41) is 0. The summed E-state index contributed by atoms with van der Waals surface area (Å²) in [6.45, 7) is 12.9. The Kier molecular flexibility index (Phi) is 5.63. The summed E-state index contributed by atoms with van der Waals surface area (Å²) in [5.41, 5.74) is 4.42. The summed E-state index contributed by atoms with van der Waals surface area (Å²) < 4.78 is 10.7. The SMILES string of the molecule is CC(N)N=C1N(C(=O)OC(C)(C)C)CCN1C(=O)OC(C)(C)C. The van der Waals surface area contributed by atoms with Gasteiger partial charge in [0.05, 0.1) is 19.3 Å². The molecule has 1 aliphatic rings. The van der Waals surface area contributed by atoms with Crippen LogP contribution in [0.25, 0.3) is 0 Å². The monoisotopic (exact) mass is 328 g/mol. The van der Waals surface area contributed by atoms with Crippen LogP contribution in [0.4, 0.5) is 9.59 Å². The van der Waals surface area contributed by atoms with E-state index in [-0.39, 0.29) is 19.0 Å². The molecule has 0 saturated carbocycles. The van der Waals surface area contributed by atoms with Crippen molar-refractivity contribution in [3.8, 4) is 0 Å². The lowest BCUT2D eigenvalue weighted by Gasteiger charge is -2.27. The van der Waals surface area contributed by atoms with E-state index in [1.165, 1.54) is 9.80 Å². The van der Waals surface area contributed by atoms with Crippen molar-refractivity contribution in [3.05, 3.63) is 0 Å². The van der Waals surface area contributed by atoms with E-state index in [0.29, 0.717) is 0 Å². The number of nitrogens with two attached hydrogens (primary N) is 1. The van der Waals surface area contributed by atoms with Gasteiger partial charge in [-0.1, -0.05) is 0 Å². The van der Waals surface area contributed by atoms with E-state index in [2.05, 4.69) is 4.99 Å². The average Bonchev–Trinajstić information content (AvgIpc) is 2.66. The van der Waals surface area contributed by atoms with Gasteiger partial charge in [-0.25, -0.2) is 24.4 Å². The highest BCUT2D eigenvalue weighted by Gasteiger charge is 2.39. The number of carbonyl (C=O) groups excluding carboxylic acids is 2. The van der Waals surface area contributed by atoms with Gasteiger partial charge in [0.1, 0.15) is 11.2 Å². The number of hydrogen-bond donors (Lipinski definition) is 1. The van der Waals surface area contributed by atoms with Crippen molar-refractivity contribution in [2.24, 2.45) is 10.7 Å². The first-order chi connectivity index (χ1) is 10.3. The molecule has 1 rings (SSSR count). The van der Waals surface area contributed by atoms with Gasteiger partial charge in [0, 0.05) is 0 Å². The van der Waals surface area contributed by atoms with Crippen LogP contribution in [0.1, 0.15) is 48.5 Å². The van der Waals surface area contributed by atoms with Gasteiger partial charge in [-0.3, -0.25) is 0 Å². The number of hydrogen-bond acceptors (Lipinski definition) is 6. The molecule has 8 heteroatoms. The number of amides is 2. The van der Waals surface area contributed by atoms with Gasteiger partial charge in [0.25, 0.3) is 0 Å². The van der Waals surface area contributed by atoms with Crippen molar-refractivity contribution in [2.45, 2.75) is 65.8 Å². The Bertz CT molecular complexity index is 451. The molecular formula is C15H28N4O4. The Labute approximate surface area is 137 Å². The number of aliphatic imine (C=N–C) groups is 1. The third-order valence-corrected chi connectivity index (χ3v) is 2.58. The lowest BCUT2D eigenvalue weighted by molar-refractivity contribution is 0.0374. The Hall–Kier alpha value is -1.83. The quantitative estimate of drug-likeness (QED) is 0.795. The van der Waals surface area contributed by atoms with Gasteiger partial charge in [-0.05, 0) is 48.5 Å². The zero-order chi connectivity index (χ0) is 18.0. The van der Waals surface area contributed by atoms with Gasteiger partial charge in [-0.2, -0.15) is 0 Å². The molecule has 0 aliphatic carbocycles. The van der Waals surface area contributed by atoms with Crippen LogP contribution in [0.3, 0.4) is 0 Å². The predicted molar refractivity (Wildman–Crippen MR) is 87.0 cm³/mol. The fraction of sp³-hybridized carbons (Fsp3) is 0.800. The minimum atomic E-state index is -0.643. The summed E-state index contributed by atoms with van der Waals surface area (Å²) in [7, 11) is 0. The lowest BCUT2D eigenvalue weighted by Crippen LogP contribution is -2.45. The van der Waals surface area contributed by atoms with E-state index in [1.54, 1.807) is 48.5 Å². The molecule has 1 fully saturated rings. The van der Waals surface area contributed by atoms with Crippen molar-refractivity contribution >= 4 is 18.1 Å². The predicted octanol–water partition coefficient (Wildman–Crippen LogP) is 2.13. The number of guanidine groups is 1. The van der Waals surface area contributed by atoms with Gasteiger partial charge >= 0.3 is 12.2 Å². The number of carbonyl (C=O) groups is 2. The van der Waals surface area contributed by atoms with E-state index in [9.17, 15) is 9.59 Å². The van der Waals surface area contributed by atoms with Crippen LogP contribution in [-0.2, 0) is 9.47 Å². The molecule has 1 unspecified atom stereocenters. The Balaban J connectivity index is 2.99. The summed E-state index contributed by atoms with van der Waals surface area (Å²) in [4.78, 5) is 31.4. The first-order valence-corrected chi connectivity index (χ1v) is 7.64. The average molecular weight is 328 g/mol. The highest BCUT2D eigenvalue weighted by Crippen LogP contribution is 2.18. The Morgan fingerprint density at radius 2 is 1.35 bits per heavy atom. The molecule has 0 bridgehead atoms. The van der Waals surface area contributed by atoms with E-state index < -0.39 is 29.6 Å². The minimum Gasteiger partial charge on any atom is -0.443 e. The first kappa shape index (κ1) is 19.2. The largest absolute Gasteiger partial charge is 0.443 e. The van der Waals surface area contributed by atoms with Crippen LogP contribution in [0.5, 0.6) is 0 Å². The second-order valence-electron chi connectivity index (χ2n) is 7.43. The van der Waals surface area contributed by atoms with E-state index in [0.717, 1.165) is 0 Å². The molecule has 1 heterocycles. The highest BCUT2D eigenvalue weighted by atomic mass is 16.6. The topological polar surface area (TPSA) is 97.5 Å². The Morgan fingerprint density at radius 3 is 1.61 bits per heavy atom. The van der Waals surface area contributed by atoms with Crippen LogP contribution >= 0.6 is 0 Å². The maximum absolute atomic E-state index is 12.3. The highest BCUT2D eigenvalue weighted by molar-refractivity contribution is 6.03. The third kappa shape index (κ3) is 6.05. The minimum absolute atomic E-state index is 0.156. The van der Waals surface area contributed by atoms with Crippen molar-refractivity contribution in [1.82, 2.24) is 9.80 Å². The molecule has 23 heavy (non-hydrogen) atoms. The van der Waals surface area contributed by atoms with Gasteiger partial charge in [0.2, 0.25) is 5.96 Å². The second kappa shape index (κ2) is 6.74. The van der Waals surface area contributed by atoms with Crippen LogP contribution in [-0.4, -0.2) is 58.4 Å². The van der Waals surface area contributed by atoms with Gasteiger partial charge in [0.15, 0.2) is 0 Å². The molecule has 1 atom stereocenters. The maximum Gasteiger partial charge on any atom is 0.417 e. The smallest absolute Gasteiger partial charge is 0.417 e. The van der Waals surface area contributed by atoms with Crippen molar-refractivity contribution in [3.63, 3.8) is 0 Å². The fourth-order valence-corrected chi connectivity index (χ4v) is 1.85. The molecule has 2 N–H and O–H groups in total. The number of ether oxygens (including phenoxy) is 2. The number of rotatable bonds is 1. The van der Waals surface area contributed by atoms with Gasteiger partial charge in [-0.15, -0.1) is 0 Å². The Morgan fingerprint density at radius 1 is 1.00 bits per heavy atom. The molecule has 8 nitrogen and oxygen atoms in total. The van der Waals surface area contributed by atoms with Crippen molar-refractivity contribution in [1.29, 1.82) is 0 Å². The summed E-state index contributed by atoms with van der Waals surface area (Å²) in [6, 6.07) is 0. The molecule has 1 saturated heterocycles. The molecule has 0 aromatic heterocycles. The number of nitrogens with zero attached hydrogens (tertiary/aromatic N) is 3. The summed E-state index contributed by atoms with van der Waals surface area (Å²) in [6.07, 6.45) is -1.70. The first-order valence-electron chi connectivity index (χ1n) is 7.64. The van der Waals surface area contributed by atoms with E-state index >= 15 is 0 Å². The van der Waals surface area contributed by atoms with Crippen molar-refractivity contribution < 1.29 is 19.1 Å². The van der Waals surface area contributed by atoms with Crippen molar-refractivity contribution in [2.75, 3.05) is 13.1 Å². The molecule has 0 aromatic rings. The van der Waals surface area contributed by atoms with Gasteiger partial charge < -0.3 is 15.2 Å². The van der Waals surface area contributed by atoms with Crippen LogP contribution in [0, 0.1) is 0 Å². The third-order valence-electron chi connectivity index (χ3n) is 2.58. The lowest BCUT2D eigenvalue weighted by atomic mass is 10.2. The second-order valence-corrected chi connectivity index (χ2v) is 7.43. The molecule has 1 aliphatic heterocycles. The van der Waals surface area contributed by atoms with Crippen LogP contribution in [0.2, 0.25) is 0 Å². The van der Waals surface area contributed by atoms with E-state index in [1.807, 2.05) is 0 Å². The standard InChI is InChI=1S/C15H28N4O4/c1-10(16)17-11-18(12(20)22-14(2,3)4)8-9-19(11)13(21)23-15(5,6)7/h10H,8-9,16H2,1-7H3. The molecule has 0 radical (unpaired) electrons. The zero-order valence-electron chi connectivity index (χ0n) is 15.0. The van der Waals surface area contributed by atoms with E-state index in [4.69, 9.17) is 15.2 Å². The summed E-state index contributed by atoms with van der Waals surface area (Å²) in [5.74, 6) is 0.156. The molecule has 0 spiro atoms. The molecular weight excluding hydrogens is 300 g/mol. The van der Waals surface area contributed by atoms with Crippen LogP contribution in [0.15, 0.2) is 4.99 Å². The molecule has 132 valence electrons. The van der Waals surface area contributed by atoms with Crippen LogP contribution < -0.4 is 5.73 Å². The molecule has 2 amide bonds.